The smallest absolute Gasteiger partial charge is 0.274 e. The highest BCUT2D eigenvalue weighted by Gasteiger charge is 2.13. The molecule has 0 atom stereocenters. The molecule has 0 aliphatic rings. The predicted octanol–water partition coefficient (Wildman–Crippen LogP) is 2.06. The molecule has 2 rings (SSSR count). The van der Waals surface area contributed by atoms with Crippen molar-refractivity contribution in [3.05, 3.63) is 69.8 Å². The lowest BCUT2D eigenvalue weighted by Crippen LogP contribution is -2.23. The summed E-state index contributed by atoms with van der Waals surface area (Å²) >= 11 is 0. The van der Waals surface area contributed by atoms with Gasteiger partial charge in [-0.3, -0.25) is 14.9 Å². The van der Waals surface area contributed by atoms with Crippen LogP contribution in [0, 0.1) is 16.1 Å². The van der Waals surface area contributed by atoms with Gasteiger partial charge >= 0.3 is 0 Å². The number of amides is 1. The van der Waals surface area contributed by atoms with Crippen LogP contribution in [0.4, 0.5) is 10.1 Å². The lowest BCUT2D eigenvalue weighted by atomic mass is 10.1. The number of carbonyl (C=O) groups is 1. The Kier molecular flexibility index (Phi) is 3.99. The summed E-state index contributed by atoms with van der Waals surface area (Å²) < 4.78 is 12.9. The Balaban J connectivity index is 2.09. The van der Waals surface area contributed by atoms with Gasteiger partial charge in [-0.05, 0) is 6.07 Å². The second-order valence-electron chi connectivity index (χ2n) is 3.94. The van der Waals surface area contributed by atoms with E-state index in [9.17, 15) is 19.3 Å². The predicted molar refractivity (Wildman–Crippen MR) is 68.5 cm³/mol. The van der Waals surface area contributed by atoms with Crippen LogP contribution in [0.25, 0.3) is 0 Å². The molecule has 1 aromatic carbocycles. The van der Waals surface area contributed by atoms with Crippen molar-refractivity contribution in [2.75, 3.05) is 0 Å². The summed E-state index contributed by atoms with van der Waals surface area (Å²) in [5.41, 5.74) is 0.408. The number of hydrogen-bond acceptors (Lipinski definition) is 4. The molecular formula is C13H10FN3O3. The van der Waals surface area contributed by atoms with Crippen molar-refractivity contribution in [1.82, 2.24) is 10.3 Å². The monoisotopic (exact) mass is 275 g/mol. The van der Waals surface area contributed by atoms with E-state index in [-0.39, 0.29) is 17.8 Å². The van der Waals surface area contributed by atoms with Crippen LogP contribution < -0.4 is 5.32 Å². The van der Waals surface area contributed by atoms with E-state index in [0.29, 0.717) is 5.56 Å². The van der Waals surface area contributed by atoms with Gasteiger partial charge < -0.3 is 5.32 Å². The average Bonchev–Trinajstić information content (AvgIpc) is 2.45. The molecule has 0 aliphatic carbocycles. The molecule has 0 saturated carbocycles. The third kappa shape index (κ3) is 3.14. The van der Waals surface area contributed by atoms with Crippen molar-refractivity contribution >= 4 is 11.6 Å². The first-order chi connectivity index (χ1) is 9.58. The second kappa shape index (κ2) is 5.87. The van der Waals surface area contributed by atoms with Gasteiger partial charge in [0.25, 0.3) is 11.6 Å². The number of hydrogen-bond donors (Lipinski definition) is 1. The van der Waals surface area contributed by atoms with Gasteiger partial charge in [-0.15, -0.1) is 0 Å². The average molecular weight is 275 g/mol. The van der Waals surface area contributed by atoms with E-state index in [1.165, 1.54) is 18.3 Å². The summed E-state index contributed by atoms with van der Waals surface area (Å²) in [6.07, 6.45) is 1.18. The summed E-state index contributed by atoms with van der Waals surface area (Å²) in [6, 6.07) is 8.44. The first kappa shape index (κ1) is 13.6. The highest BCUT2D eigenvalue weighted by molar-refractivity contribution is 5.94. The lowest BCUT2D eigenvalue weighted by Gasteiger charge is -2.06. The number of nitro groups is 1. The third-order valence-corrected chi connectivity index (χ3v) is 2.62. The molecule has 0 radical (unpaired) electrons. The van der Waals surface area contributed by atoms with E-state index >= 15 is 0 Å². The number of para-hydroxylation sites is 1. The Labute approximate surface area is 113 Å². The number of rotatable bonds is 4. The molecule has 0 saturated heterocycles. The summed E-state index contributed by atoms with van der Waals surface area (Å²) in [6.45, 7) is -0.0140. The highest BCUT2D eigenvalue weighted by Crippen LogP contribution is 2.17. The molecule has 20 heavy (non-hydrogen) atoms. The fourth-order valence-electron chi connectivity index (χ4n) is 1.66. The number of nitrogens with one attached hydrogen (secondary N) is 1. The van der Waals surface area contributed by atoms with Crippen LogP contribution >= 0.6 is 0 Å². The van der Waals surface area contributed by atoms with E-state index in [1.807, 2.05) is 0 Å². The van der Waals surface area contributed by atoms with E-state index in [2.05, 4.69) is 10.3 Å². The van der Waals surface area contributed by atoms with Crippen LogP contribution in [0.3, 0.4) is 0 Å². The molecule has 0 unspecified atom stereocenters. The molecule has 1 N–H and O–H groups in total. The fraction of sp³-hybridized carbons (Fsp3) is 0.0769. The van der Waals surface area contributed by atoms with Crippen molar-refractivity contribution in [2.45, 2.75) is 6.54 Å². The number of pyridine rings is 1. The third-order valence-electron chi connectivity index (χ3n) is 2.62. The number of aromatic nitrogens is 1. The van der Waals surface area contributed by atoms with Gasteiger partial charge in [0.2, 0.25) is 5.95 Å². The van der Waals surface area contributed by atoms with Gasteiger partial charge in [0, 0.05) is 36.0 Å². The zero-order chi connectivity index (χ0) is 14.5. The number of carbonyl (C=O) groups excluding carboxylic acids is 1. The quantitative estimate of drug-likeness (QED) is 0.525. The molecule has 0 fully saturated rings. The van der Waals surface area contributed by atoms with E-state index in [0.717, 1.165) is 6.07 Å². The normalized spacial score (nSPS) is 10.1. The van der Waals surface area contributed by atoms with Gasteiger partial charge in [0.05, 0.1) is 4.92 Å². The van der Waals surface area contributed by atoms with E-state index < -0.39 is 16.8 Å². The van der Waals surface area contributed by atoms with Crippen LogP contribution in [0.15, 0.2) is 42.6 Å². The van der Waals surface area contributed by atoms with E-state index in [4.69, 9.17) is 0 Å². The number of benzene rings is 1. The van der Waals surface area contributed by atoms with Crippen LogP contribution in [-0.4, -0.2) is 15.8 Å². The Morgan fingerprint density at radius 2 is 2.10 bits per heavy atom. The molecule has 0 bridgehead atoms. The SMILES string of the molecule is O=C(NCc1ccccc1[N+](=O)[O-])c1ccnc(F)c1. The summed E-state index contributed by atoms with van der Waals surface area (Å²) in [5, 5.41) is 13.3. The largest absolute Gasteiger partial charge is 0.348 e. The van der Waals surface area contributed by atoms with Gasteiger partial charge in [-0.25, -0.2) is 4.98 Å². The van der Waals surface area contributed by atoms with Gasteiger partial charge in [-0.2, -0.15) is 4.39 Å². The van der Waals surface area contributed by atoms with Crippen LogP contribution in [0.1, 0.15) is 15.9 Å². The Morgan fingerprint density at radius 3 is 2.80 bits per heavy atom. The van der Waals surface area contributed by atoms with Gasteiger partial charge in [-0.1, -0.05) is 18.2 Å². The van der Waals surface area contributed by atoms with Crippen molar-refractivity contribution in [2.24, 2.45) is 0 Å². The summed E-state index contributed by atoms with van der Waals surface area (Å²) in [7, 11) is 0. The lowest BCUT2D eigenvalue weighted by molar-refractivity contribution is -0.385. The van der Waals surface area contributed by atoms with Crippen molar-refractivity contribution < 1.29 is 14.1 Å². The molecule has 1 heterocycles. The number of nitrogens with zero attached hydrogens (tertiary/aromatic N) is 2. The molecule has 7 heteroatoms. The van der Waals surface area contributed by atoms with Crippen molar-refractivity contribution in [3.8, 4) is 0 Å². The second-order valence-corrected chi connectivity index (χ2v) is 3.94. The summed E-state index contributed by atoms with van der Waals surface area (Å²) in [5.74, 6) is -1.28. The molecule has 0 aliphatic heterocycles. The standard InChI is InChI=1S/C13H10FN3O3/c14-12-7-9(5-6-15-12)13(18)16-8-10-3-1-2-4-11(10)17(19)20/h1-7H,8H2,(H,16,18). The van der Waals surface area contributed by atoms with E-state index in [1.54, 1.807) is 18.2 Å². The Bertz CT molecular complexity index is 661. The zero-order valence-electron chi connectivity index (χ0n) is 10.2. The molecular weight excluding hydrogens is 265 g/mol. The van der Waals surface area contributed by atoms with Crippen LogP contribution in [0.2, 0.25) is 0 Å². The minimum Gasteiger partial charge on any atom is -0.348 e. The molecule has 2 aromatic rings. The van der Waals surface area contributed by atoms with Crippen LogP contribution in [-0.2, 0) is 6.54 Å². The zero-order valence-corrected chi connectivity index (χ0v) is 10.2. The first-order valence-corrected chi connectivity index (χ1v) is 5.70. The topological polar surface area (TPSA) is 85.1 Å². The highest BCUT2D eigenvalue weighted by atomic mass is 19.1. The Morgan fingerprint density at radius 1 is 1.35 bits per heavy atom. The van der Waals surface area contributed by atoms with Crippen molar-refractivity contribution in [1.29, 1.82) is 0 Å². The molecule has 0 spiro atoms. The molecule has 6 nitrogen and oxygen atoms in total. The van der Waals surface area contributed by atoms with Gasteiger partial charge in [0.15, 0.2) is 0 Å². The minimum absolute atomic E-state index is 0.0140. The van der Waals surface area contributed by atoms with Crippen molar-refractivity contribution in [3.63, 3.8) is 0 Å². The van der Waals surface area contributed by atoms with Crippen LogP contribution in [0.5, 0.6) is 0 Å². The maximum Gasteiger partial charge on any atom is 0.274 e. The van der Waals surface area contributed by atoms with Gasteiger partial charge in [0.1, 0.15) is 0 Å². The fourth-order valence-corrected chi connectivity index (χ4v) is 1.66. The maximum atomic E-state index is 12.9. The molecule has 1 amide bonds. The molecule has 1 aromatic heterocycles. The maximum absolute atomic E-state index is 12.9. The summed E-state index contributed by atoms with van der Waals surface area (Å²) in [4.78, 5) is 25.4. The Hall–Kier alpha value is -2.83. The first-order valence-electron chi connectivity index (χ1n) is 5.70. The molecule has 102 valence electrons. The number of halogens is 1. The number of nitro benzene ring substituents is 1. The minimum atomic E-state index is -0.761.